The van der Waals surface area contributed by atoms with Crippen LogP contribution in [0.2, 0.25) is 0 Å². The topological polar surface area (TPSA) is 88.5 Å². The fraction of sp³-hybridized carbons (Fsp3) is 0.433. The number of hydrogen-bond acceptors (Lipinski definition) is 5. The summed E-state index contributed by atoms with van der Waals surface area (Å²) in [4.78, 5) is 30.3. The summed E-state index contributed by atoms with van der Waals surface area (Å²) in [6.07, 6.45) is 6.75. The molecule has 0 bridgehead atoms. The van der Waals surface area contributed by atoms with Crippen LogP contribution in [0, 0.1) is 18.3 Å². The number of amides is 2. The van der Waals surface area contributed by atoms with Gasteiger partial charge in [0, 0.05) is 55.3 Å². The van der Waals surface area contributed by atoms with Gasteiger partial charge in [-0.05, 0) is 87.5 Å². The molecule has 2 aromatic rings. The first-order chi connectivity index (χ1) is 17.9. The third-order valence-corrected chi connectivity index (χ3v) is 7.78. The van der Waals surface area contributed by atoms with Gasteiger partial charge in [0.05, 0.1) is 0 Å². The molecule has 0 atom stereocenters. The summed E-state index contributed by atoms with van der Waals surface area (Å²) >= 11 is 0. The SMILES string of the molecule is CN/C=C(\C=N)c1ccc(C2CCN(C(=O)c3ccc(C)c(NC(=O)C4CCN(C)CC4)c3)CC2)cc1. The van der Waals surface area contributed by atoms with Crippen LogP contribution in [0.1, 0.15) is 58.6 Å². The second kappa shape index (κ2) is 12.2. The summed E-state index contributed by atoms with van der Waals surface area (Å²) in [5, 5.41) is 13.7. The van der Waals surface area contributed by atoms with Crippen LogP contribution in [0.25, 0.3) is 5.57 Å². The van der Waals surface area contributed by atoms with Crippen molar-refractivity contribution < 1.29 is 9.59 Å². The molecule has 2 heterocycles. The number of carbonyl (C=O) groups excluding carboxylic acids is 2. The maximum absolute atomic E-state index is 13.3. The van der Waals surface area contributed by atoms with Crippen LogP contribution in [0.15, 0.2) is 48.7 Å². The van der Waals surface area contributed by atoms with Crippen LogP contribution in [-0.4, -0.2) is 68.1 Å². The van der Waals surface area contributed by atoms with Gasteiger partial charge in [0.1, 0.15) is 0 Å². The van der Waals surface area contributed by atoms with Gasteiger partial charge in [-0.25, -0.2) is 0 Å². The van der Waals surface area contributed by atoms with Gasteiger partial charge < -0.3 is 25.8 Å². The third kappa shape index (κ3) is 6.46. The molecular formula is C30H39N5O2. The van der Waals surface area contributed by atoms with Crippen molar-refractivity contribution in [2.24, 2.45) is 5.92 Å². The van der Waals surface area contributed by atoms with E-state index in [1.165, 1.54) is 11.8 Å². The van der Waals surface area contributed by atoms with E-state index in [0.717, 1.165) is 61.2 Å². The highest BCUT2D eigenvalue weighted by molar-refractivity contribution is 6.08. The van der Waals surface area contributed by atoms with Gasteiger partial charge in [0.2, 0.25) is 5.91 Å². The Balaban J connectivity index is 1.36. The van der Waals surface area contributed by atoms with Crippen molar-refractivity contribution in [3.63, 3.8) is 0 Å². The lowest BCUT2D eigenvalue weighted by atomic mass is 9.88. The van der Waals surface area contributed by atoms with Gasteiger partial charge in [-0.1, -0.05) is 30.3 Å². The first-order valence-corrected chi connectivity index (χ1v) is 13.3. The van der Waals surface area contributed by atoms with Crippen molar-refractivity contribution in [2.75, 3.05) is 45.6 Å². The highest BCUT2D eigenvalue weighted by Gasteiger charge is 2.26. The maximum atomic E-state index is 13.3. The minimum absolute atomic E-state index is 0.0245. The Morgan fingerprint density at radius 2 is 1.59 bits per heavy atom. The number of allylic oxidation sites excluding steroid dienone is 1. The molecule has 196 valence electrons. The lowest BCUT2D eigenvalue weighted by Crippen LogP contribution is -2.38. The molecule has 7 nitrogen and oxygen atoms in total. The molecule has 0 radical (unpaired) electrons. The molecule has 0 aliphatic carbocycles. The number of piperidine rings is 2. The number of hydrogen-bond donors (Lipinski definition) is 3. The maximum Gasteiger partial charge on any atom is 0.253 e. The minimum atomic E-state index is 0.0245. The average molecular weight is 502 g/mol. The van der Waals surface area contributed by atoms with Gasteiger partial charge in [-0.2, -0.15) is 0 Å². The lowest BCUT2D eigenvalue weighted by molar-refractivity contribution is -0.121. The van der Waals surface area contributed by atoms with E-state index >= 15 is 0 Å². The van der Waals surface area contributed by atoms with E-state index in [9.17, 15) is 9.59 Å². The van der Waals surface area contributed by atoms with E-state index in [0.29, 0.717) is 24.6 Å². The average Bonchev–Trinajstić information content (AvgIpc) is 2.93. The number of nitrogens with zero attached hydrogens (tertiary/aromatic N) is 2. The second-order valence-electron chi connectivity index (χ2n) is 10.3. The molecule has 2 fully saturated rings. The van der Waals surface area contributed by atoms with Crippen LogP contribution in [0.4, 0.5) is 5.69 Å². The molecule has 0 aromatic heterocycles. The summed E-state index contributed by atoms with van der Waals surface area (Å²) in [5.74, 6) is 0.523. The highest BCUT2D eigenvalue weighted by Crippen LogP contribution is 2.30. The van der Waals surface area contributed by atoms with Crippen molar-refractivity contribution in [1.29, 1.82) is 5.41 Å². The molecule has 0 unspecified atom stereocenters. The molecule has 4 rings (SSSR count). The molecule has 0 spiro atoms. The number of aryl methyl sites for hydroxylation is 1. The first kappa shape index (κ1) is 26.6. The van der Waals surface area contributed by atoms with Crippen molar-refractivity contribution >= 4 is 29.3 Å². The molecule has 2 aliphatic rings. The van der Waals surface area contributed by atoms with E-state index in [1.807, 2.05) is 43.3 Å². The molecule has 2 aromatic carbocycles. The molecule has 37 heavy (non-hydrogen) atoms. The second-order valence-corrected chi connectivity index (χ2v) is 10.3. The molecule has 2 amide bonds. The van der Waals surface area contributed by atoms with Crippen LogP contribution >= 0.6 is 0 Å². The zero-order chi connectivity index (χ0) is 26.4. The smallest absolute Gasteiger partial charge is 0.253 e. The summed E-state index contributed by atoms with van der Waals surface area (Å²) in [5.41, 5.74) is 5.46. The van der Waals surface area contributed by atoms with Gasteiger partial charge >= 0.3 is 0 Å². The monoisotopic (exact) mass is 501 g/mol. The Hall–Kier alpha value is -3.45. The van der Waals surface area contributed by atoms with Crippen molar-refractivity contribution in [2.45, 2.75) is 38.5 Å². The van der Waals surface area contributed by atoms with E-state index in [2.05, 4.69) is 46.8 Å². The number of carbonyl (C=O) groups is 2. The number of rotatable bonds is 7. The Kier molecular flexibility index (Phi) is 8.77. The molecule has 7 heteroatoms. The molecule has 0 saturated carbocycles. The summed E-state index contributed by atoms with van der Waals surface area (Å²) in [7, 11) is 3.92. The predicted molar refractivity (Wildman–Crippen MR) is 150 cm³/mol. The van der Waals surface area contributed by atoms with Crippen LogP contribution in [0.3, 0.4) is 0 Å². The lowest BCUT2D eigenvalue weighted by Gasteiger charge is -2.32. The zero-order valence-electron chi connectivity index (χ0n) is 22.2. The molecule has 2 aliphatic heterocycles. The van der Waals surface area contributed by atoms with Gasteiger partial charge in [-0.3, -0.25) is 9.59 Å². The van der Waals surface area contributed by atoms with E-state index in [1.54, 1.807) is 0 Å². The van der Waals surface area contributed by atoms with Crippen LogP contribution in [-0.2, 0) is 4.79 Å². The van der Waals surface area contributed by atoms with E-state index in [4.69, 9.17) is 5.41 Å². The fourth-order valence-corrected chi connectivity index (χ4v) is 5.31. The third-order valence-electron chi connectivity index (χ3n) is 7.78. The van der Waals surface area contributed by atoms with Crippen LogP contribution in [0.5, 0.6) is 0 Å². The minimum Gasteiger partial charge on any atom is -0.393 e. The highest BCUT2D eigenvalue weighted by atomic mass is 16.2. The molecular weight excluding hydrogens is 462 g/mol. The number of benzene rings is 2. The van der Waals surface area contributed by atoms with E-state index in [-0.39, 0.29) is 17.7 Å². The Morgan fingerprint density at radius 1 is 0.946 bits per heavy atom. The zero-order valence-corrected chi connectivity index (χ0v) is 22.2. The number of anilines is 1. The summed E-state index contributed by atoms with van der Waals surface area (Å²) in [6.45, 7) is 5.26. The van der Waals surface area contributed by atoms with Gasteiger partial charge in [-0.15, -0.1) is 0 Å². The fourth-order valence-electron chi connectivity index (χ4n) is 5.31. The Labute approximate surface area is 220 Å². The quantitative estimate of drug-likeness (QED) is 0.487. The molecule has 2 saturated heterocycles. The van der Waals surface area contributed by atoms with E-state index < -0.39 is 0 Å². The predicted octanol–water partition coefficient (Wildman–Crippen LogP) is 4.50. The largest absolute Gasteiger partial charge is 0.393 e. The molecule has 3 N–H and O–H groups in total. The van der Waals surface area contributed by atoms with Crippen molar-refractivity contribution in [1.82, 2.24) is 15.1 Å². The van der Waals surface area contributed by atoms with Gasteiger partial charge in [0.25, 0.3) is 5.91 Å². The number of likely N-dealkylation sites (tertiary alicyclic amines) is 2. The summed E-state index contributed by atoms with van der Waals surface area (Å²) < 4.78 is 0. The van der Waals surface area contributed by atoms with Crippen molar-refractivity contribution in [3.05, 3.63) is 70.9 Å². The van der Waals surface area contributed by atoms with Crippen molar-refractivity contribution in [3.8, 4) is 0 Å². The summed E-state index contributed by atoms with van der Waals surface area (Å²) in [6, 6.07) is 14.1. The first-order valence-electron chi connectivity index (χ1n) is 13.3. The number of nitrogens with one attached hydrogen (secondary N) is 3. The standard InChI is InChI=1S/C30H39N5O2/c1-21-4-5-26(18-28(21)33-29(36)25-10-14-34(3)15-11-25)30(37)35-16-12-24(13-17-35)22-6-8-23(9-7-22)27(19-31)20-32-2/h4-9,18-20,24-25,31-32H,10-17H2,1-3H3,(H,33,36)/b27-20+,31-19?. The van der Waals surface area contributed by atoms with Crippen LogP contribution < -0.4 is 10.6 Å². The normalized spacial score (nSPS) is 17.9. The van der Waals surface area contributed by atoms with Gasteiger partial charge in [0.15, 0.2) is 0 Å². The Morgan fingerprint density at radius 3 is 2.22 bits per heavy atom. The Bertz CT molecular complexity index is 1140.